The summed E-state index contributed by atoms with van der Waals surface area (Å²) in [4.78, 5) is 4.25. The Labute approximate surface area is 105 Å². The van der Waals surface area contributed by atoms with Crippen LogP contribution in [0, 0.1) is 12.8 Å². The van der Waals surface area contributed by atoms with Crippen LogP contribution in [-0.4, -0.2) is 11.0 Å². The van der Waals surface area contributed by atoms with Gasteiger partial charge in [0.15, 0.2) is 0 Å². The first-order chi connectivity index (χ1) is 8.29. The third-order valence-electron chi connectivity index (χ3n) is 3.93. The van der Waals surface area contributed by atoms with Gasteiger partial charge in [0.1, 0.15) is 0 Å². The van der Waals surface area contributed by atoms with Crippen LogP contribution in [0.2, 0.25) is 0 Å². The highest BCUT2D eigenvalue weighted by Crippen LogP contribution is 2.26. The van der Waals surface area contributed by atoms with Gasteiger partial charge in [-0.15, -0.1) is 0 Å². The summed E-state index contributed by atoms with van der Waals surface area (Å²) in [6.45, 7) is 5.39. The molecule has 0 amide bonds. The Bertz CT molecular complexity index is 349. The molecule has 0 radical (unpaired) electrons. The van der Waals surface area contributed by atoms with Crippen molar-refractivity contribution in [2.45, 2.75) is 58.5 Å². The van der Waals surface area contributed by atoms with Crippen molar-refractivity contribution in [1.29, 1.82) is 0 Å². The molecule has 2 nitrogen and oxygen atoms in total. The molecule has 94 valence electrons. The fourth-order valence-electron chi connectivity index (χ4n) is 2.93. The van der Waals surface area contributed by atoms with Gasteiger partial charge in [-0.05, 0) is 36.8 Å². The van der Waals surface area contributed by atoms with Crippen LogP contribution in [0.3, 0.4) is 0 Å². The molecule has 2 atom stereocenters. The molecule has 2 rings (SSSR count). The normalized spacial score (nSPS) is 24.8. The minimum absolute atomic E-state index is 0.717. The molecule has 0 aliphatic heterocycles. The molecule has 1 heterocycles. The zero-order valence-electron chi connectivity index (χ0n) is 11.1. The largest absolute Gasteiger partial charge is 0.310 e. The number of pyridine rings is 1. The van der Waals surface area contributed by atoms with Crippen molar-refractivity contribution in [3.05, 3.63) is 29.6 Å². The van der Waals surface area contributed by atoms with E-state index in [9.17, 15) is 0 Å². The number of nitrogens with one attached hydrogen (secondary N) is 1. The molecule has 1 aliphatic carbocycles. The molecule has 0 aromatic carbocycles. The van der Waals surface area contributed by atoms with Crippen LogP contribution in [0.25, 0.3) is 0 Å². The summed E-state index contributed by atoms with van der Waals surface area (Å²) in [5, 5.41) is 3.73. The minimum Gasteiger partial charge on any atom is -0.310 e. The fraction of sp³-hybridized carbons (Fsp3) is 0.667. The number of hydrogen-bond acceptors (Lipinski definition) is 2. The summed E-state index contributed by atoms with van der Waals surface area (Å²) in [7, 11) is 0. The lowest BCUT2D eigenvalue weighted by atomic mass is 9.83. The van der Waals surface area contributed by atoms with Gasteiger partial charge in [0, 0.05) is 25.0 Å². The Balaban J connectivity index is 1.88. The van der Waals surface area contributed by atoms with E-state index >= 15 is 0 Å². The van der Waals surface area contributed by atoms with Crippen LogP contribution >= 0.6 is 0 Å². The van der Waals surface area contributed by atoms with E-state index in [1.807, 2.05) is 12.4 Å². The summed E-state index contributed by atoms with van der Waals surface area (Å²) < 4.78 is 0. The van der Waals surface area contributed by atoms with Crippen LogP contribution in [0.1, 0.15) is 50.2 Å². The minimum atomic E-state index is 0.717. The van der Waals surface area contributed by atoms with Gasteiger partial charge in [-0.1, -0.05) is 32.3 Å². The van der Waals surface area contributed by atoms with E-state index in [1.54, 1.807) is 0 Å². The summed E-state index contributed by atoms with van der Waals surface area (Å²) >= 11 is 0. The first-order valence-electron chi connectivity index (χ1n) is 6.93. The van der Waals surface area contributed by atoms with Crippen molar-refractivity contribution >= 4 is 0 Å². The molecule has 1 saturated carbocycles. The second-order valence-electron chi connectivity index (χ2n) is 5.31. The van der Waals surface area contributed by atoms with Crippen molar-refractivity contribution in [2.75, 3.05) is 0 Å². The molecule has 0 bridgehead atoms. The van der Waals surface area contributed by atoms with Gasteiger partial charge < -0.3 is 5.32 Å². The van der Waals surface area contributed by atoms with Crippen molar-refractivity contribution in [3.8, 4) is 0 Å². The average Bonchev–Trinajstić information content (AvgIpc) is 2.37. The van der Waals surface area contributed by atoms with Crippen LogP contribution < -0.4 is 5.32 Å². The summed E-state index contributed by atoms with van der Waals surface area (Å²) in [6, 6.07) is 2.94. The van der Waals surface area contributed by atoms with E-state index in [1.165, 1.54) is 43.2 Å². The molecule has 0 spiro atoms. The molecule has 1 fully saturated rings. The molecular formula is C15H24N2. The zero-order chi connectivity index (χ0) is 12.1. The Morgan fingerprint density at radius 1 is 1.29 bits per heavy atom. The third-order valence-corrected chi connectivity index (χ3v) is 3.93. The van der Waals surface area contributed by atoms with E-state index < -0.39 is 0 Å². The first kappa shape index (κ1) is 12.6. The van der Waals surface area contributed by atoms with Crippen molar-refractivity contribution in [2.24, 2.45) is 5.92 Å². The Morgan fingerprint density at radius 3 is 2.88 bits per heavy atom. The van der Waals surface area contributed by atoms with E-state index in [2.05, 4.69) is 30.2 Å². The molecule has 17 heavy (non-hydrogen) atoms. The topological polar surface area (TPSA) is 24.9 Å². The average molecular weight is 232 g/mol. The SMILES string of the molecule is CCC1CCCCC1NCc1cncc(C)c1. The van der Waals surface area contributed by atoms with E-state index in [0.717, 1.165) is 12.5 Å². The quantitative estimate of drug-likeness (QED) is 0.860. The van der Waals surface area contributed by atoms with Gasteiger partial charge >= 0.3 is 0 Å². The lowest BCUT2D eigenvalue weighted by Crippen LogP contribution is -2.37. The standard InChI is InChI=1S/C15H24N2/c1-3-14-6-4-5-7-15(14)17-11-13-8-12(2)9-16-10-13/h8-10,14-15,17H,3-7,11H2,1-2H3. The highest BCUT2D eigenvalue weighted by Gasteiger charge is 2.22. The van der Waals surface area contributed by atoms with Crippen LogP contribution in [0.5, 0.6) is 0 Å². The van der Waals surface area contributed by atoms with E-state index in [-0.39, 0.29) is 0 Å². The summed E-state index contributed by atoms with van der Waals surface area (Å²) in [5.74, 6) is 0.876. The predicted molar refractivity (Wildman–Crippen MR) is 71.9 cm³/mol. The fourth-order valence-corrected chi connectivity index (χ4v) is 2.93. The summed E-state index contributed by atoms with van der Waals surface area (Å²) in [6.07, 6.45) is 10.8. The van der Waals surface area contributed by atoms with Crippen molar-refractivity contribution in [1.82, 2.24) is 10.3 Å². The summed E-state index contributed by atoms with van der Waals surface area (Å²) in [5.41, 5.74) is 2.56. The molecular weight excluding hydrogens is 208 g/mol. The van der Waals surface area contributed by atoms with Gasteiger partial charge in [0.05, 0.1) is 0 Å². The highest BCUT2D eigenvalue weighted by atomic mass is 14.9. The van der Waals surface area contributed by atoms with Crippen molar-refractivity contribution < 1.29 is 0 Å². The first-order valence-corrected chi connectivity index (χ1v) is 6.93. The second-order valence-corrected chi connectivity index (χ2v) is 5.31. The second kappa shape index (κ2) is 6.15. The molecule has 1 aromatic heterocycles. The van der Waals surface area contributed by atoms with Gasteiger partial charge in [-0.25, -0.2) is 0 Å². The lowest BCUT2D eigenvalue weighted by Gasteiger charge is -2.31. The number of aryl methyl sites for hydroxylation is 1. The van der Waals surface area contributed by atoms with E-state index in [0.29, 0.717) is 6.04 Å². The van der Waals surface area contributed by atoms with Crippen LogP contribution in [0.4, 0.5) is 0 Å². The number of aromatic nitrogens is 1. The van der Waals surface area contributed by atoms with Gasteiger partial charge in [0.25, 0.3) is 0 Å². The molecule has 2 unspecified atom stereocenters. The maximum Gasteiger partial charge on any atom is 0.0313 e. The molecule has 1 N–H and O–H groups in total. The third kappa shape index (κ3) is 3.53. The Hall–Kier alpha value is -0.890. The Morgan fingerprint density at radius 2 is 2.12 bits per heavy atom. The highest BCUT2D eigenvalue weighted by molar-refractivity contribution is 5.16. The number of nitrogens with zero attached hydrogens (tertiary/aromatic N) is 1. The van der Waals surface area contributed by atoms with Gasteiger partial charge in [-0.2, -0.15) is 0 Å². The van der Waals surface area contributed by atoms with Gasteiger partial charge in [0.2, 0.25) is 0 Å². The smallest absolute Gasteiger partial charge is 0.0313 e. The molecule has 1 aromatic rings. The Kier molecular flexibility index (Phi) is 4.55. The molecule has 0 saturated heterocycles. The monoisotopic (exact) mass is 232 g/mol. The van der Waals surface area contributed by atoms with Gasteiger partial charge in [-0.3, -0.25) is 4.98 Å². The maximum absolute atomic E-state index is 4.25. The van der Waals surface area contributed by atoms with Crippen LogP contribution in [-0.2, 0) is 6.54 Å². The van der Waals surface area contributed by atoms with Crippen LogP contribution in [0.15, 0.2) is 18.5 Å². The zero-order valence-corrected chi connectivity index (χ0v) is 11.1. The maximum atomic E-state index is 4.25. The lowest BCUT2D eigenvalue weighted by molar-refractivity contribution is 0.254. The van der Waals surface area contributed by atoms with Crippen molar-refractivity contribution in [3.63, 3.8) is 0 Å². The molecule has 1 aliphatic rings. The number of rotatable bonds is 4. The number of hydrogen-bond donors (Lipinski definition) is 1. The molecule has 2 heteroatoms. The van der Waals surface area contributed by atoms with E-state index in [4.69, 9.17) is 0 Å². The predicted octanol–water partition coefficient (Wildman–Crippen LogP) is 3.45.